The number of hydrogen-bond acceptors (Lipinski definition) is 4. The van der Waals surface area contributed by atoms with Gasteiger partial charge in [0, 0.05) is 5.56 Å². The van der Waals surface area contributed by atoms with Gasteiger partial charge in [-0.25, -0.2) is 0 Å². The van der Waals surface area contributed by atoms with Crippen LogP contribution in [0.1, 0.15) is 31.2 Å². The van der Waals surface area contributed by atoms with Crippen molar-refractivity contribution in [2.24, 2.45) is 0 Å². The second kappa shape index (κ2) is 6.57. The molecule has 0 spiro atoms. The van der Waals surface area contributed by atoms with E-state index in [0.717, 1.165) is 37.0 Å². The topological polar surface area (TPSA) is 55.8 Å². The normalized spacial score (nSPS) is 22.8. The molecule has 2 rings (SSSR count). The van der Waals surface area contributed by atoms with Gasteiger partial charge >= 0.3 is 5.97 Å². The van der Waals surface area contributed by atoms with Crippen molar-refractivity contribution in [3.8, 4) is 5.75 Å². The van der Waals surface area contributed by atoms with Crippen molar-refractivity contribution in [1.82, 2.24) is 0 Å². The van der Waals surface area contributed by atoms with Crippen LogP contribution in [-0.2, 0) is 16.0 Å². The van der Waals surface area contributed by atoms with Gasteiger partial charge in [0.25, 0.3) is 0 Å². The molecule has 1 saturated carbocycles. The first-order valence-corrected chi connectivity index (χ1v) is 6.68. The maximum absolute atomic E-state index is 11.4. The van der Waals surface area contributed by atoms with Gasteiger partial charge in [0.05, 0.1) is 25.7 Å². The van der Waals surface area contributed by atoms with Gasteiger partial charge < -0.3 is 14.6 Å². The third kappa shape index (κ3) is 3.96. The molecule has 0 radical (unpaired) electrons. The quantitative estimate of drug-likeness (QED) is 0.846. The zero-order valence-electron chi connectivity index (χ0n) is 11.2. The predicted molar refractivity (Wildman–Crippen MR) is 71.1 cm³/mol. The highest BCUT2D eigenvalue weighted by Crippen LogP contribution is 2.26. The van der Waals surface area contributed by atoms with Crippen molar-refractivity contribution in [3.63, 3.8) is 0 Å². The monoisotopic (exact) mass is 264 g/mol. The number of esters is 1. The number of benzene rings is 1. The van der Waals surface area contributed by atoms with E-state index >= 15 is 0 Å². The van der Waals surface area contributed by atoms with Gasteiger partial charge in [-0.15, -0.1) is 0 Å². The van der Waals surface area contributed by atoms with Crippen LogP contribution in [0.2, 0.25) is 0 Å². The van der Waals surface area contributed by atoms with Crippen molar-refractivity contribution in [3.05, 3.63) is 29.8 Å². The molecule has 104 valence electrons. The van der Waals surface area contributed by atoms with E-state index in [-0.39, 0.29) is 24.6 Å². The molecule has 0 saturated heterocycles. The van der Waals surface area contributed by atoms with Crippen LogP contribution in [0.5, 0.6) is 5.75 Å². The second-order valence-corrected chi connectivity index (χ2v) is 4.91. The van der Waals surface area contributed by atoms with Gasteiger partial charge in [0.2, 0.25) is 0 Å². The summed E-state index contributed by atoms with van der Waals surface area (Å²) in [5.74, 6) is 0.476. The summed E-state index contributed by atoms with van der Waals surface area (Å²) in [7, 11) is 1.38. The summed E-state index contributed by atoms with van der Waals surface area (Å²) >= 11 is 0. The Kier molecular flexibility index (Phi) is 4.80. The van der Waals surface area contributed by atoms with E-state index in [0.29, 0.717) is 0 Å². The maximum Gasteiger partial charge on any atom is 0.310 e. The van der Waals surface area contributed by atoms with Gasteiger partial charge in [-0.3, -0.25) is 4.79 Å². The molecule has 4 heteroatoms. The lowest BCUT2D eigenvalue weighted by atomic mass is 9.95. The number of carbonyl (C=O) groups excluding carboxylic acids is 1. The number of methoxy groups -OCH3 is 1. The lowest BCUT2D eigenvalue weighted by molar-refractivity contribution is -0.139. The first-order valence-electron chi connectivity index (χ1n) is 6.68. The molecule has 0 amide bonds. The van der Waals surface area contributed by atoms with E-state index in [9.17, 15) is 9.90 Å². The smallest absolute Gasteiger partial charge is 0.310 e. The van der Waals surface area contributed by atoms with E-state index in [1.807, 2.05) is 24.3 Å². The molecule has 1 aromatic carbocycles. The molecule has 1 aromatic rings. The fraction of sp³-hybridized carbons (Fsp3) is 0.533. The van der Waals surface area contributed by atoms with Gasteiger partial charge in [0.15, 0.2) is 0 Å². The molecular formula is C15H20O4. The Morgan fingerprint density at radius 3 is 2.63 bits per heavy atom. The van der Waals surface area contributed by atoms with Crippen molar-refractivity contribution >= 4 is 5.97 Å². The number of aliphatic hydroxyl groups excluding tert-OH is 1. The molecule has 0 heterocycles. The van der Waals surface area contributed by atoms with Crippen LogP contribution in [-0.4, -0.2) is 30.4 Å². The molecule has 1 aliphatic rings. The SMILES string of the molecule is COC(=O)Cc1ccccc1OC1CCC(O)CC1. The number of aliphatic hydroxyl groups is 1. The minimum atomic E-state index is -0.268. The van der Waals surface area contributed by atoms with E-state index in [4.69, 9.17) is 4.74 Å². The molecule has 0 atom stereocenters. The Morgan fingerprint density at radius 1 is 1.26 bits per heavy atom. The first kappa shape index (κ1) is 13.9. The van der Waals surface area contributed by atoms with Gasteiger partial charge in [0.1, 0.15) is 5.75 Å². The largest absolute Gasteiger partial charge is 0.490 e. The zero-order valence-corrected chi connectivity index (χ0v) is 11.2. The highest BCUT2D eigenvalue weighted by Gasteiger charge is 2.21. The number of ether oxygens (including phenoxy) is 2. The highest BCUT2D eigenvalue weighted by atomic mass is 16.5. The molecular weight excluding hydrogens is 244 g/mol. The van der Waals surface area contributed by atoms with Crippen LogP contribution in [0.3, 0.4) is 0 Å². The fourth-order valence-corrected chi connectivity index (χ4v) is 2.34. The molecule has 0 bridgehead atoms. The standard InChI is InChI=1S/C15H20O4/c1-18-15(17)10-11-4-2-3-5-14(11)19-13-8-6-12(16)7-9-13/h2-5,12-13,16H,6-10H2,1H3. The number of hydrogen-bond donors (Lipinski definition) is 1. The van der Waals surface area contributed by atoms with Gasteiger partial charge in [-0.05, 0) is 31.7 Å². The Labute approximate surface area is 113 Å². The number of rotatable bonds is 4. The Hall–Kier alpha value is -1.55. The van der Waals surface area contributed by atoms with Crippen molar-refractivity contribution in [2.75, 3.05) is 7.11 Å². The van der Waals surface area contributed by atoms with Crippen LogP contribution in [0.4, 0.5) is 0 Å². The van der Waals surface area contributed by atoms with Crippen molar-refractivity contribution < 1.29 is 19.4 Å². The lowest BCUT2D eigenvalue weighted by Gasteiger charge is -2.27. The summed E-state index contributed by atoms with van der Waals surface area (Å²) in [6.07, 6.45) is 3.43. The van der Waals surface area contributed by atoms with E-state index in [2.05, 4.69) is 4.74 Å². The molecule has 4 nitrogen and oxygen atoms in total. The summed E-state index contributed by atoms with van der Waals surface area (Å²) in [5.41, 5.74) is 0.848. The number of carbonyl (C=O) groups is 1. The third-order valence-corrected chi connectivity index (χ3v) is 3.47. The van der Waals surface area contributed by atoms with Crippen molar-refractivity contribution in [1.29, 1.82) is 0 Å². The Balaban J connectivity index is 2.01. The first-order chi connectivity index (χ1) is 9.19. The average molecular weight is 264 g/mol. The fourth-order valence-electron chi connectivity index (χ4n) is 2.34. The predicted octanol–water partition coefficient (Wildman–Crippen LogP) is 2.08. The third-order valence-electron chi connectivity index (χ3n) is 3.47. The van der Waals surface area contributed by atoms with Crippen LogP contribution >= 0.6 is 0 Å². The second-order valence-electron chi connectivity index (χ2n) is 4.91. The van der Waals surface area contributed by atoms with Gasteiger partial charge in [-0.2, -0.15) is 0 Å². The van der Waals surface area contributed by atoms with E-state index in [1.165, 1.54) is 7.11 Å². The van der Waals surface area contributed by atoms with Crippen LogP contribution in [0.25, 0.3) is 0 Å². The van der Waals surface area contributed by atoms with Crippen LogP contribution in [0, 0.1) is 0 Å². The molecule has 0 unspecified atom stereocenters. The summed E-state index contributed by atoms with van der Waals surface area (Å²) in [6, 6.07) is 7.54. The minimum Gasteiger partial charge on any atom is -0.490 e. The molecule has 0 aromatic heterocycles. The maximum atomic E-state index is 11.4. The molecule has 1 aliphatic carbocycles. The zero-order chi connectivity index (χ0) is 13.7. The molecule has 19 heavy (non-hydrogen) atoms. The van der Waals surface area contributed by atoms with Gasteiger partial charge in [-0.1, -0.05) is 18.2 Å². The summed E-state index contributed by atoms with van der Waals surface area (Å²) < 4.78 is 10.6. The highest BCUT2D eigenvalue weighted by molar-refractivity contribution is 5.73. The van der Waals surface area contributed by atoms with E-state index < -0.39 is 0 Å². The minimum absolute atomic E-state index is 0.127. The Morgan fingerprint density at radius 2 is 1.95 bits per heavy atom. The van der Waals surface area contributed by atoms with Crippen molar-refractivity contribution in [2.45, 2.75) is 44.3 Å². The molecule has 0 aliphatic heterocycles. The van der Waals surface area contributed by atoms with Crippen LogP contribution in [0.15, 0.2) is 24.3 Å². The van der Waals surface area contributed by atoms with Crippen LogP contribution < -0.4 is 4.74 Å². The average Bonchev–Trinajstić information content (AvgIpc) is 2.43. The molecule has 1 fully saturated rings. The van der Waals surface area contributed by atoms with E-state index in [1.54, 1.807) is 0 Å². The number of para-hydroxylation sites is 1. The summed E-state index contributed by atoms with van der Waals surface area (Å²) in [6.45, 7) is 0. The lowest BCUT2D eigenvalue weighted by Crippen LogP contribution is -2.26. The molecule has 1 N–H and O–H groups in total. The summed E-state index contributed by atoms with van der Waals surface area (Å²) in [5, 5.41) is 9.48. The Bertz CT molecular complexity index is 422. The summed E-state index contributed by atoms with van der Waals surface area (Å²) in [4.78, 5) is 11.4.